The first-order valence-electron chi connectivity index (χ1n) is 5.74. The van der Waals surface area contributed by atoms with Crippen molar-refractivity contribution in [3.8, 4) is 6.07 Å². The zero-order valence-electron chi connectivity index (χ0n) is 10.7. The summed E-state index contributed by atoms with van der Waals surface area (Å²) in [5, 5.41) is 9.41. The third-order valence-electron chi connectivity index (χ3n) is 3.07. The summed E-state index contributed by atoms with van der Waals surface area (Å²) >= 11 is 0. The molecule has 0 atom stereocenters. The molecule has 0 aliphatic heterocycles. The van der Waals surface area contributed by atoms with Crippen molar-refractivity contribution in [2.24, 2.45) is 0 Å². The van der Waals surface area contributed by atoms with Gasteiger partial charge in [0, 0.05) is 41.9 Å². The van der Waals surface area contributed by atoms with Gasteiger partial charge in [-0.15, -0.1) is 0 Å². The quantitative estimate of drug-likeness (QED) is 0.874. The van der Waals surface area contributed by atoms with E-state index in [0.717, 1.165) is 16.9 Å². The maximum absolute atomic E-state index is 12.3. The number of rotatable bonds is 2. The molecular formula is C14H15N3O. The summed E-state index contributed by atoms with van der Waals surface area (Å²) in [4.78, 5) is 17.5. The van der Waals surface area contributed by atoms with Crippen LogP contribution in [0.5, 0.6) is 0 Å². The highest BCUT2D eigenvalue weighted by atomic mass is 16.1. The minimum atomic E-state index is -0.0495. The molecule has 0 saturated carbocycles. The van der Waals surface area contributed by atoms with Crippen molar-refractivity contribution in [3.63, 3.8) is 0 Å². The lowest BCUT2D eigenvalue weighted by atomic mass is 10.1. The summed E-state index contributed by atoms with van der Waals surface area (Å²) in [7, 11) is 3.86. The number of aromatic nitrogens is 1. The van der Waals surface area contributed by atoms with Crippen molar-refractivity contribution < 1.29 is 0 Å². The molecule has 0 bridgehead atoms. The predicted molar refractivity (Wildman–Crippen MR) is 72.9 cm³/mol. The molecule has 0 aliphatic rings. The molecule has 0 fully saturated rings. The second-order valence-corrected chi connectivity index (χ2v) is 4.52. The third kappa shape index (κ3) is 1.95. The number of aryl methyl sites for hydroxylation is 1. The summed E-state index contributed by atoms with van der Waals surface area (Å²) in [6, 6.07) is 7.75. The first-order valence-corrected chi connectivity index (χ1v) is 5.74. The Kier molecular flexibility index (Phi) is 3.07. The van der Waals surface area contributed by atoms with Crippen molar-refractivity contribution in [1.29, 1.82) is 5.26 Å². The summed E-state index contributed by atoms with van der Waals surface area (Å²) in [6.45, 7) is 1.83. The lowest BCUT2D eigenvalue weighted by Gasteiger charge is -2.13. The van der Waals surface area contributed by atoms with Crippen LogP contribution in [0.1, 0.15) is 11.3 Å². The lowest BCUT2D eigenvalue weighted by molar-refractivity contribution is 1.11. The van der Waals surface area contributed by atoms with Crippen molar-refractivity contribution in [2.75, 3.05) is 19.0 Å². The van der Waals surface area contributed by atoms with E-state index in [1.807, 2.05) is 50.2 Å². The minimum absolute atomic E-state index is 0.0495. The number of nitrogens with one attached hydrogen (secondary N) is 1. The van der Waals surface area contributed by atoms with E-state index in [4.69, 9.17) is 5.26 Å². The van der Waals surface area contributed by atoms with Crippen LogP contribution in [0.2, 0.25) is 0 Å². The van der Waals surface area contributed by atoms with Gasteiger partial charge in [0.05, 0.1) is 12.5 Å². The Balaban J connectivity index is 2.78. The molecule has 0 amide bonds. The molecular weight excluding hydrogens is 226 g/mol. The molecule has 92 valence electrons. The van der Waals surface area contributed by atoms with Gasteiger partial charge in [-0.25, -0.2) is 0 Å². The fourth-order valence-electron chi connectivity index (χ4n) is 2.01. The summed E-state index contributed by atoms with van der Waals surface area (Å²) in [5.74, 6) is 0. The zero-order valence-corrected chi connectivity index (χ0v) is 10.7. The van der Waals surface area contributed by atoms with E-state index in [9.17, 15) is 4.79 Å². The van der Waals surface area contributed by atoms with E-state index in [-0.39, 0.29) is 11.8 Å². The van der Waals surface area contributed by atoms with Crippen LogP contribution in [0.15, 0.2) is 23.0 Å². The minimum Gasteiger partial charge on any atom is -0.378 e. The highest BCUT2D eigenvalue weighted by molar-refractivity contribution is 5.83. The number of hydrogen-bond acceptors (Lipinski definition) is 3. The van der Waals surface area contributed by atoms with Crippen LogP contribution in [0.3, 0.4) is 0 Å². The maximum atomic E-state index is 12.3. The second kappa shape index (κ2) is 4.53. The van der Waals surface area contributed by atoms with E-state index in [0.29, 0.717) is 10.9 Å². The number of nitriles is 1. The normalized spacial score (nSPS) is 10.3. The summed E-state index contributed by atoms with van der Waals surface area (Å²) in [5.41, 5.74) is 3.06. The van der Waals surface area contributed by atoms with Crippen LogP contribution in [0, 0.1) is 18.3 Å². The molecule has 0 unspecified atom stereocenters. The van der Waals surface area contributed by atoms with Crippen LogP contribution >= 0.6 is 0 Å². The Labute approximate surface area is 105 Å². The van der Waals surface area contributed by atoms with Gasteiger partial charge in [0.25, 0.3) is 0 Å². The van der Waals surface area contributed by atoms with Gasteiger partial charge in [-0.3, -0.25) is 4.79 Å². The van der Waals surface area contributed by atoms with Gasteiger partial charge in [0.1, 0.15) is 0 Å². The topological polar surface area (TPSA) is 59.9 Å². The Morgan fingerprint density at radius 3 is 2.72 bits per heavy atom. The predicted octanol–water partition coefficient (Wildman–Crippen LogP) is 1.97. The number of H-pyrrole nitrogens is 1. The Morgan fingerprint density at radius 1 is 1.39 bits per heavy atom. The molecule has 0 spiro atoms. The molecule has 1 aromatic heterocycles. The average molecular weight is 241 g/mol. The number of anilines is 1. The van der Waals surface area contributed by atoms with Gasteiger partial charge in [-0.1, -0.05) is 0 Å². The molecule has 1 heterocycles. The van der Waals surface area contributed by atoms with Crippen LogP contribution in [0.4, 0.5) is 5.69 Å². The second-order valence-electron chi connectivity index (χ2n) is 4.52. The first-order chi connectivity index (χ1) is 8.54. The van der Waals surface area contributed by atoms with Gasteiger partial charge in [0.15, 0.2) is 5.43 Å². The van der Waals surface area contributed by atoms with Crippen molar-refractivity contribution in [3.05, 3.63) is 39.7 Å². The van der Waals surface area contributed by atoms with E-state index < -0.39 is 0 Å². The Bertz CT molecular complexity index is 692. The Hall–Kier alpha value is -2.28. The van der Waals surface area contributed by atoms with Gasteiger partial charge in [-0.05, 0) is 25.1 Å². The molecule has 4 nitrogen and oxygen atoms in total. The lowest BCUT2D eigenvalue weighted by Crippen LogP contribution is -2.14. The summed E-state index contributed by atoms with van der Waals surface area (Å²) in [6.07, 6.45) is 0.142. The maximum Gasteiger partial charge on any atom is 0.193 e. The summed E-state index contributed by atoms with van der Waals surface area (Å²) < 4.78 is 0. The van der Waals surface area contributed by atoms with Crippen molar-refractivity contribution >= 4 is 16.6 Å². The molecule has 2 aromatic rings. The standard InChI is InChI=1S/C14H15N3O/c1-9-11(6-7-15)14(18)12-8-10(17(2)3)4-5-13(12)16-9/h4-5,8H,6H2,1-3H3,(H,16,18). The largest absolute Gasteiger partial charge is 0.378 e. The van der Waals surface area contributed by atoms with Crippen molar-refractivity contribution in [1.82, 2.24) is 4.98 Å². The smallest absolute Gasteiger partial charge is 0.193 e. The van der Waals surface area contributed by atoms with E-state index in [2.05, 4.69) is 4.98 Å². The number of pyridine rings is 1. The zero-order chi connectivity index (χ0) is 13.3. The highest BCUT2D eigenvalue weighted by Crippen LogP contribution is 2.18. The monoisotopic (exact) mass is 241 g/mol. The Morgan fingerprint density at radius 2 is 2.11 bits per heavy atom. The van der Waals surface area contributed by atoms with Gasteiger partial charge >= 0.3 is 0 Å². The number of nitrogens with zero attached hydrogens (tertiary/aromatic N) is 2. The first kappa shape index (κ1) is 12.2. The molecule has 2 rings (SSSR count). The highest BCUT2D eigenvalue weighted by Gasteiger charge is 2.09. The van der Waals surface area contributed by atoms with Crippen molar-refractivity contribution in [2.45, 2.75) is 13.3 Å². The van der Waals surface area contributed by atoms with Crippen LogP contribution < -0.4 is 10.3 Å². The van der Waals surface area contributed by atoms with Gasteiger partial charge in [-0.2, -0.15) is 5.26 Å². The number of fused-ring (bicyclic) bond motifs is 1. The molecule has 4 heteroatoms. The van der Waals surface area contributed by atoms with Gasteiger partial charge in [0.2, 0.25) is 0 Å². The fourth-order valence-corrected chi connectivity index (χ4v) is 2.01. The number of hydrogen-bond donors (Lipinski definition) is 1. The van der Waals surface area contributed by atoms with E-state index >= 15 is 0 Å². The number of aromatic amines is 1. The SMILES string of the molecule is Cc1[nH]c2ccc(N(C)C)cc2c(=O)c1CC#N. The fraction of sp³-hybridized carbons (Fsp3) is 0.286. The average Bonchev–Trinajstić information content (AvgIpc) is 2.34. The molecule has 18 heavy (non-hydrogen) atoms. The molecule has 0 aliphatic carbocycles. The van der Waals surface area contributed by atoms with E-state index in [1.165, 1.54) is 0 Å². The van der Waals surface area contributed by atoms with E-state index in [1.54, 1.807) is 0 Å². The van der Waals surface area contributed by atoms with Gasteiger partial charge < -0.3 is 9.88 Å². The number of benzene rings is 1. The molecule has 1 N–H and O–H groups in total. The van der Waals surface area contributed by atoms with Crippen LogP contribution in [-0.4, -0.2) is 19.1 Å². The molecule has 0 radical (unpaired) electrons. The third-order valence-corrected chi connectivity index (χ3v) is 3.07. The van der Waals surface area contributed by atoms with Crippen LogP contribution in [-0.2, 0) is 6.42 Å². The molecule has 1 aromatic carbocycles. The molecule has 0 saturated heterocycles. The van der Waals surface area contributed by atoms with Crippen LogP contribution in [0.25, 0.3) is 10.9 Å².